The van der Waals surface area contributed by atoms with E-state index >= 15 is 0 Å². The molecule has 0 aliphatic heterocycles. The second-order valence-electron chi connectivity index (χ2n) is 8.17. The zero-order chi connectivity index (χ0) is 23.2. The van der Waals surface area contributed by atoms with Crippen molar-refractivity contribution in [3.8, 4) is 5.75 Å². The van der Waals surface area contributed by atoms with Gasteiger partial charge in [0.05, 0.1) is 11.6 Å². The molecule has 2 aromatic rings. The zero-order valence-corrected chi connectivity index (χ0v) is 20.0. The third-order valence-corrected chi connectivity index (χ3v) is 6.11. The number of methoxy groups -OCH3 is 1. The maximum Gasteiger partial charge on any atom is 0.340 e. The molecular weight excluding hydrogens is 440 g/mol. The normalized spacial score (nSPS) is 11.8. The van der Waals surface area contributed by atoms with E-state index < -0.39 is 15.7 Å². The number of ether oxygens (including phenoxy) is 1. The first-order valence-electron chi connectivity index (χ1n) is 9.77. The Bertz CT molecular complexity index is 999. The zero-order valence-electron chi connectivity index (χ0n) is 18.4. The lowest BCUT2D eigenvalue weighted by atomic mass is 10.1. The molecule has 2 rings (SSSR count). The van der Waals surface area contributed by atoms with E-state index in [9.17, 15) is 13.2 Å². The second kappa shape index (κ2) is 10.3. The van der Waals surface area contributed by atoms with E-state index in [0.717, 1.165) is 0 Å². The number of benzene rings is 2. The van der Waals surface area contributed by atoms with Crippen LogP contribution in [-0.2, 0) is 21.4 Å². The van der Waals surface area contributed by atoms with Crippen LogP contribution in [0.4, 0.5) is 4.79 Å². The molecule has 0 aliphatic rings. The fourth-order valence-corrected chi connectivity index (χ4v) is 4.59. The molecule has 0 unspecified atom stereocenters. The standard InChI is InChI=1S/C22H29ClN2O5S/c1-16-8-6-11-19(23)20(16)31(27,28)30-18-10-7-9-17(14-18)15-25(12-13-29-5)21(26)24-22(2,3)4/h6-11,14H,12-13,15H2,1-5H3,(H,24,26). The first-order valence-corrected chi connectivity index (χ1v) is 11.6. The Balaban J connectivity index is 2.24. The highest BCUT2D eigenvalue weighted by molar-refractivity contribution is 7.87. The van der Waals surface area contributed by atoms with Gasteiger partial charge in [0.25, 0.3) is 0 Å². The molecule has 1 N–H and O–H groups in total. The van der Waals surface area contributed by atoms with E-state index in [1.807, 2.05) is 20.8 Å². The topological polar surface area (TPSA) is 84.9 Å². The third-order valence-electron chi connectivity index (χ3n) is 4.23. The molecule has 0 radical (unpaired) electrons. The number of rotatable bonds is 8. The van der Waals surface area contributed by atoms with Gasteiger partial charge in [-0.3, -0.25) is 0 Å². The summed E-state index contributed by atoms with van der Waals surface area (Å²) in [6.07, 6.45) is 0. The van der Waals surface area contributed by atoms with Crippen molar-refractivity contribution in [2.75, 3.05) is 20.3 Å². The average molecular weight is 469 g/mol. The van der Waals surface area contributed by atoms with Gasteiger partial charge in [0.1, 0.15) is 10.6 Å². The van der Waals surface area contributed by atoms with Gasteiger partial charge in [-0.15, -0.1) is 0 Å². The molecule has 0 spiro atoms. The number of hydrogen-bond donors (Lipinski definition) is 1. The molecule has 170 valence electrons. The molecule has 2 amide bonds. The van der Waals surface area contributed by atoms with Crippen molar-refractivity contribution < 1.29 is 22.1 Å². The van der Waals surface area contributed by atoms with Crippen LogP contribution >= 0.6 is 11.6 Å². The summed E-state index contributed by atoms with van der Waals surface area (Å²) in [5.41, 5.74) is 0.811. The molecule has 7 nitrogen and oxygen atoms in total. The molecule has 0 heterocycles. The SMILES string of the molecule is COCCN(Cc1cccc(OS(=O)(=O)c2c(C)cccc2Cl)c1)C(=O)NC(C)(C)C. The van der Waals surface area contributed by atoms with Crippen LogP contribution in [0.5, 0.6) is 5.75 Å². The number of aryl methyl sites for hydroxylation is 1. The smallest absolute Gasteiger partial charge is 0.340 e. The Morgan fingerprint density at radius 3 is 2.45 bits per heavy atom. The number of carbonyl (C=O) groups is 1. The van der Waals surface area contributed by atoms with Crippen LogP contribution in [-0.4, -0.2) is 45.1 Å². The average Bonchev–Trinajstić information content (AvgIpc) is 2.63. The molecular formula is C22H29ClN2O5S. The Morgan fingerprint density at radius 2 is 1.84 bits per heavy atom. The van der Waals surface area contributed by atoms with Crippen molar-refractivity contribution in [3.63, 3.8) is 0 Å². The van der Waals surface area contributed by atoms with Crippen molar-refractivity contribution in [2.45, 2.75) is 44.7 Å². The summed E-state index contributed by atoms with van der Waals surface area (Å²) >= 11 is 6.09. The number of carbonyl (C=O) groups excluding carboxylic acids is 1. The van der Waals surface area contributed by atoms with Crippen molar-refractivity contribution in [3.05, 3.63) is 58.6 Å². The van der Waals surface area contributed by atoms with Crippen LogP contribution in [0.1, 0.15) is 31.9 Å². The lowest BCUT2D eigenvalue weighted by molar-refractivity contribution is 0.142. The minimum absolute atomic E-state index is 0.0617. The van der Waals surface area contributed by atoms with Gasteiger partial charge in [0.15, 0.2) is 0 Å². The summed E-state index contributed by atoms with van der Waals surface area (Å²) in [4.78, 5) is 14.2. The molecule has 2 aromatic carbocycles. The van der Waals surface area contributed by atoms with Gasteiger partial charge in [-0.1, -0.05) is 35.9 Å². The van der Waals surface area contributed by atoms with Crippen LogP contribution < -0.4 is 9.50 Å². The molecule has 0 atom stereocenters. The first kappa shape index (κ1) is 25.0. The van der Waals surface area contributed by atoms with Crippen molar-refractivity contribution in [1.29, 1.82) is 0 Å². The van der Waals surface area contributed by atoms with Crippen LogP contribution in [0, 0.1) is 6.92 Å². The number of hydrogen-bond acceptors (Lipinski definition) is 5. The maximum atomic E-state index is 12.8. The van der Waals surface area contributed by atoms with E-state index in [0.29, 0.717) is 24.3 Å². The largest absolute Gasteiger partial charge is 0.383 e. The quantitative estimate of drug-likeness (QED) is 0.581. The first-order chi connectivity index (χ1) is 14.4. The van der Waals surface area contributed by atoms with Gasteiger partial charge < -0.3 is 19.1 Å². The van der Waals surface area contributed by atoms with E-state index in [1.54, 1.807) is 55.3 Å². The number of urea groups is 1. The molecule has 0 saturated heterocycles. The minimum Gasteiger partial charge on any atom is -0.383 e. The number of amides is 2. The summed E-state index contributed by atoms with van der Waals surface area (Å²) in [6, 6.07) is 11.2. The van der Waals surface area contributed by atoms with Crippen LogP contribution in [0.2, 0.25) is 5.02 Å². The van der Waals surface area contributed by atoms with Gasteiger partial charge in [-0.2, -0.15) is 8.42 Å². The van der Waals surface area contributed by atoms with Crippen LogP contribution in [0.3, 0.4) is 0 Å². The second-order valence-corrected chi connectivity index (χ2v) is 10.1. The highest BCUT2D eigenvalue weighted by atomic mass is 35.5. The van der Waals surface area contributed by atoms with Gasteiger partial charge >= 0.3 is 16.1 Å². The summed E-state index contributed by atoms with van der Waals surface area (Å²) in [6.45, 7) is 8.35. The van der Waals surface area contributed by atoms with Gasteiger partial charge in [0.2, 0.25) is 0 Å². The molecule has 0 aliphatic carbocycles. The minimum atomic E-state index is -4.12. The Morgan fingerprint density at radius 1 is 1.16 bits per heavy atom. The van der Waals surface area contributed by atoms with Crippen molar-refractivity contribution in [1.82, 2.24) is 10.2 Å². The Kier molecular flexibility index (Phi) is 8.34. The molecule has 0 aromatic heterocycles. The number of nitrogens with zero attached hydrogens (tertiary/aromatic N) is 1. The summed E-state index contributed by atoms with van der Waals surface area (Å²) in [5, 5.41) is 3.02. The fourth-order valence-electron chi connectivity index (χ4n) is 2.87. The highest BCUT2D eigenvalue weighted by Gasteiger charge is 2.24. The molecule has 0 bridgehead atoms. The number of nitrogens with one attached hydrogen (secondary N) is 1. The van der Waals surface area contributed by atoms with E-state index in [2.05, 4.69) is 5.32 Å². The van der Waals surface area contributed by atoms with Gasteiger partial charge in [0, 0.05) is 25.7 Å². The summed E-state index contributed by atoms with van der Waals surface area (Å²) in [7, 11) is -2.55. The van der Waals surface area contributed by atoms with Gasteiger partial charge in [-0.05, 0) is 57.0 Å². The predicted octanol–water partition coefficient (Wildman–Crippen LogP) is 4.37. The number of halogens is 1. The lowest BCUT2D eigenvalue weighted by Gasteiger charge is -2.28. The fraction of sp³-hybridized carbons (Fsp3) is 0.409. The Hall–Kier alpha value is -2.29. The maximum absolute atomic E-state index is 12.8. The molecule has 9 heteroatoms. The Labute approximate surface area is 189 Å². The van der Waals surface area contributed by atoms with Crippen LogP contribution in [0.15, 0.2) is 47.4 Å². The van der Waals surface area contributed by atoms with Crippen molar-refractivity contribution >= 4 is 27.8 Å². The lowest BCUT2D eigenvalue weighted by Crippen LogP contribution is -2.49. The van der Waals surface area contributed by atoms with E-state index in [4.69, 9.17) is 20.5 Å². The van der Waals surface area contributed by atoms with Crippen molar-refractivity contribution in [2.24, 2.45) is 0 Å². The highest BCUT2D eigenvalue weighted by Crippen LogP contribution is 2.28. The molecule has 0 fully saturated rings. The monoisotopic (exact) mass is 468 g/mol. The predicted molar refractivity (Wildman–Crippen MR) is 121 cm³/mol. The van der Waals surface area contributed by atoms with E-state index in [1.165, 1.54) is 6.07 Å². The summed E-state index contributed by atoms with van der Waals surface area (Å²) < 4.78 is 36.0. The molecule has 31 heavy (non-hydrogen) atoms. The van der Waals surface area contributed by atoms with Gasteiger partial charge in [-0.25, -0.2) is 4.79 Å². The third kappa shape index (κ3) is 7.41. The van der Waals surface area contributed by atoms with E-state index in [-0.39, 0.29) is 28.2 Å². The van der Waals surface area contributed by atoms with Crippen LogP contribution in [0.25, 0.3) is 0 Å². The molecule has 0 saturated carbocycles. The summed E-state index contributed by atoms with van der Waals surface area (Å²) in [5.74, 6) is 0.139.